The van der Waals surface area contributed by atoms with E-state index in [0.29, 0.717) is 18.8 Å². The van der Waals surface area contributed by atoms with Crippen molar-refractivity contribution in [1.29, 1.82) is 0 Å². The summed E-state index contributed by atoms with van der Waals surface area (Å²) in [5.74, 6) is -0.319. The Morgan fingerprint density at radius 2 is 1.96 bits per heavy atom. The maximum Gasteiger partial charge on any atom is 0.317 e. The van der Waals surface area contributed by atoms with E-state index >= 15 is 0 Å². The van der Waals surface area contributed by atoms with Gasteiger partial charge in [-0.3, -0.25) is 4.79 Å². The molecule has 1 fully saturated rings. The Hall–Kier alpha value is -2.04. The molecule has 1 aromatic rings. The molecule has 1 aliphatic heterocycles. The van der Waals surface area contributed by atoms with Gasteiger partial charge in [-0.1, -0.05) is 37.3 Å². The number of carboxylic acid groups (broad SMARTS) is 1. The Morgan fingerprint density at radius 1 is 1.25 bits per heavy atom. The van der Waals surface area contributed by atoms with Gasteiger partial charge in [-0.2, -0.15) is 0 Å². The standard InChI is InChI=1S/C19H28N2O3/c1-14-8-9-15(2)21(13-14)19(24)20-17(10-11-18(22)23)12-16-6-4-3-5-7-16/h3-7,14-15,17H,8-13H2,1-2H3,(H,20,24)(H,22,23). The summed E-state index contributed by atoms with van der Waals surface area (Å²) >= 11 is 0. The Labute approximate surface area is 144 Å². The van der Waals surface area contributed by atoms with E-state index in [9.17, 15) is 9.59 Å². The molecular formula is C19H28N2O3. The monoisotopic (exact) mass is 332 g/mol. The fourth-order valence-corrected chi connectivity index (χ4v) is 3.25. The Bertz CT molecular complexity index is 547. The van der Waals surface area contributed by atoms with Gasteiger partial charge >= 0.3 is 12.0 Å². The number of hydrogen-bond donors (Lipinski definition) is 2. The maximum atomic E-state index is 12.7. The summed E-state index contributed by atoms with van der Waals surface area (Å²) in [6.07, 6.45) is 3.32. The molecule has 1 aliphatic rings. The average Bonchev–Trinajstić information content (AvgIpc) is 2.55. The molecule has 132 valence electrons. The van der Waals surface area contributed by atoms with Gasteiger partial charge in [0.25, 0.3) is 0 Å². The molecular weight excluding hydrogens is 304 g/mol. The number of urea groups is 1. The highest BCUT2D eigenvalue weighted by Gasteiger charge is 2.28. The van der Waals surface area contributed by atoms with Gasteiger partial charge in [-0.15, -0.1) is 0 Å². The zero-order valence-corrected chi connectivity index (χ0v) is 14.6. The highest BCUT2D eigenvalue weighted by Crippen LogP contribution is 2.21. The smallest absolute Gasteiger partial charge is 0.317 e. The number of aliphatic carboxylic acids is 1. The maximum absolute atomic E-state index is 12.7. The van der Waals surface area contributed by atoms with Gasteiger partial charge in [-0.25, -0.2) is 4.79 Å². The third-order valence-electron chi connectivity index (χ3n) is 4.74. The van der Waals surface area contributed by atoms with Crippen LogP contribution in [0.4, 0.5) is 4.79 Å². The number of carbonyl (C=O) groups is 2. The molecule has 5 heteroatoms. The van der Waals surface area contributed by atoms with Crippen LogP contribution in [0.5, 0.6) is 0 Å². The van der Waals surface area contributed by atoms with Crippen LogP contribution in [0.25, 0.3) is 0 Å². The topological polar surface area (TPSA) is 69.6 Å². The number of carbonyl (C=O) groups excluding carboxylic acids is 1. The van der Waals surface area contributed by atoms with Crippen molar-refractivity contribution in [3.05, 3.63) is 35.9 Å². The van der Waals surface area contributed by atoms with Crippen molar-refractivity contribution in [2.75, 3.05) is 6.54 Å². The first-order chi connectivity index (χ1) is 11.5. The molecule has 0 spiro atoms. The van der Waals surface area contributed by atoms with E-state index in [-0.39, 0.29) is 24.5 Å². The lowest BCUT2D eigenvalue weighted by Crippen LogP contribution is -2.52. The summed E-state index contributed by atoms with van der Waals surface area (Å²) in [6.45, 7) is 5.01. The molecule has 3 atom stereocenters. The van der Waals surface area contributed by atoms with Crippen molar-refractivity contribution in [1.82, 2.24) is 10.2 Å². The summed E-state index contributed by atoms with van der Waals surface area (Å²) < 4.78 is 0. The van der Waals surface area contributed by atoms with Crippen LogP contribution in [-0.4, -0.2) is 40.6 Å². The molecule has 2 rings (SSSR count). The Balaban J connectivity index is 2.00. The number of nitrogens with zero attached hydrogens (tertiary/aromatic N) is 1. The van der Waals surface area contributed by atoms with Crippen LogP contribution < -0.4 is 5.32 Å². The number of carboxylic acids is 1. The van der Waals surface area contributed by atoms with Gasteiger partial charge in [0, 0.05) is 25.0 Å². The van der Waals surface area contributed by atoms with Crippen LogP contribution in [0.1, 0.15) is 45.1 Å². The molecule has 1 saturated heterocycles. The van der Waals surface area contributed by atoms with Gasteiger partial charge in [-0.05, 0) is 44.1 Å². The summed E-state index contributed by atoms with van der Waals surface area (Å²) in [4.78, 5) is 25.5. The van der Waals surface area contributed by atoms with Crippen molar-refractivity contribution in [3.8, 4) is 0 Å². The molecule has 0 aromatic heterocycles. The Kier molecular flexibility index (Phi) is 6.64. The first-order valence-corrected chi connectivity index (χ1v) is 8.78. The number of amides is 2. The largest absolute Gasteiger partial charge is 0.481 e. The quantitative estimate of drug-likeness (QED) is 0.840. The zero-order chi connectivity index (χ0) is 17.5. The van der Waals surface area contributed by atoms with Gasteiger partial charge < -0.3 is 15.3 Å². The molecule has 0 saturated carbocycles. The third-order valence-corrected chi connectivity index (χ3v) is 4.74. The SMILES string of the molecule is CC1CCC(C)N(C(=O)NC(CCC(=O)O)Cc2ccccc2)C1. The van der Waals surface area contributed by atoms with Gasteiger partial charge in [0.1, 0.15) is 0 Å². The summed E-state index contributed by atoms with van der Waals surface area (Å²) in [7, 11) is 0. The highest BCUT2D eigenvalue weighted by atomic mass is 16.4. The predicted octanol–water partition coefficient (Wildman–Crippen LogP) is 3.29. The normalized spacial score (nSPS) is 22.0. The molecule has 0 bridgehead atoms. The fraction of sp³-hybridized carbons (Fsp3) is 0.579. The van der Waals surface area contributed by atoms with E-state index in [1.807, 2.05) is 35.2 Å². The van der Waals surface area contributed by atoms with E-state index in [1.165, 1.54) is 0 Å². The lowest BCUT2D eigenvalue weighted by Gasteiger charge is -2.37. The lowest BCUT2D eigenvalue weighted by molar-refractivity contribution is -0.137. The molecule has 0 radical (unpaired) electrons. The van der Waals surface area contributed by atoms with E-state index < -0.39 is 5.97 Å². The predicted molar refractivity (Wildman–Crippen MR) is 93.9 cm³/mol. The zero-order valence-electron chi connectivity index (χ0n) is 14.6. The summed E-state index contributed by atoms with van der Waals surface area (Å²) in [5.41, 5.74) is 1.10. The molecule has 24 heavy (non-hydrogen) atoms. The van der Waals surface area contributed by atoms with Crippen LogP contribution >= 0.6 is 0 Å². The van der Waals surface area contributed by atoms with Crippen molar-refractivity contribution < 1.29 is 14.7 Å². The second-order valence-electron chi connectivity index (χ2n) is 6.95. The number of piperidine rings is 1. The number of hydrogen-bond acceptors (Lipinski definition) is 2. The highest BCUT2D eigenvalue weighted by molar-refractivity contribution is 5.75. The van der Waals surface area contributed by atoms with E-state index in [0.717, 1.165) is 24.9 Å². The minimum Gasteiger partial charge on any atom is -0.481 e. The van der Waals surface area contributed by atoms with Crippen molar-refractivity contribution in [3.63, 3.8) is 0 Å². The van der Waals surface area contributed by atoms with Gasteiger partial charge in [0.2, 0.25) is 0 Å². The molecule has 5 nitrogen and oxygen atoms in total. The molecule has 1 aromatic carbocycles. The molecule has 3 unspecified atom stereocenters. The molecule has 1 heterocycles. The van der Waals surface area contributed by atoms with Crippen molar-refractivity contribution >= 4 is 12.0 Å². The summed E-state index contributed by atoms with van der Waals surface area (Å²) in [6, 6.07) is 9.88. The number of nitrogens with one attached hydrogen (secondary N) is 1. The van der Waals surface area contributed by atoms with Crippen LogP contribution in [0, 0.1) is 5.92 Å². The van der Waals surface area contributed by atoms with Crippen LogP contribution in [0.3, 0.4) is 0 Å². The molecule has 0 aliphatic carbocycles. The lowest BCUT2D eigenvalue weighted by atomic mass is 9.95. The van der Waals surface area contributed by atoms with Crippen molar-refractivity contribution in [2.24, 2.45) is 5.92 Å². The number of rotatable bonds is 6. The molecule has 2 amide bonds. The number of benzene rings is 1. The average molecular weight is 332 g/mol. The van der Waals surface area contributed by atoms with Crippen LogP contribution in [0.15, 0.2) is 30.3 Å². The van der Waals surface area contributed by atoms with Gasteiger partial charge in [0.15, 0.2) is 0 Å². The second-order valence-corrected chi connectivity index (χ2v) is 6.95. The van der Waals surface area contributed by atoms with Crippen molar-refractivity contribution in [2.45, 2.75) is 58.0 Å². The molecule has 2 N–H and O–H groups in total. The first-order valence-electron chi connectivity index (χ1n) is 8.78. The third kappa shape index (κ3) is 5.55. The van der Waals surface area contributed by atoms with Gasteiger partial charge in [0.05, 0.1) is 0 Å². The van der Waals surface area contributed by atoms with E-state index in [4.69, 9.17) is 5.11 Å². The first kappa shape index (κ1) is 18.3. The van der Waals surface area contributed by atoms with E-state index in [1.54, 1.807) is 0 Å². The van der Waals surface area contributed by atoms with Crippen LogP contribution in [-0.2, 0) is 11.2 Å². The number of likely N-dealkylation sites (tertiary alicyclic amines) is 1. The van der Waals surface area contributed by atoms with E-state index in [2.05, 4.69) is 19.2 Å². The Morgan fingerprint density at radius 3 is 2.62 bits per heavy atom. The fourth-order valence-electron chi connectivity index (χ4n) is 3.25. The summed E-state index contributed by atoms with van der Waals surface area (Å²) in [5, 5.41) is 12.0. The minimum absolute atomic E-state index is 0.0593. The minimum atomic E-state index is -0.831. The van der Waals surface area contributed by atoms with Crippen LogP contribution in [0.2, 0.25) is 0 Å². The second kappa shape index (κ2) is 8.71.